The Labute approximate surface area is 229 Å². The van der Waals surface area contributed by atoms with Crippen LogP contribution in [0.2, 0.25) is 0 Å². The number of nitrogens with one attached hydrogen (secondary N) is 2. The van der Waals surface area contributed by atoms with E-state index in [0.717, 1.165) is 42.6 Å². The summed E-state index contributed by atoms with van der Waals surface area (Å²) < 4.78 is 29.8. The van der Waals surface area contributed by atoms with Crippen molar-refractivity contribution in [2.24, 2.45) is 5.73 Å². The van der Waals surface area contributed by atoms with Crippen molar-refractivity contribution in [1.82, 2.24) is 14.5 Å². The maximum atomic E-state index is 13.8. The number of carboxylic acid groups (broad SMARTS) is 1. The summed E-state index contributed by atoms with van der Waals surface area (Å²) in [5.41, 5.74) is 9.58. The molecule has 4 rings (SSSR count). The average molecular weight is 554 g/mol. The quantitative estimate of drug-likeness (QED) is 0.219. The van der Waals surface area contributed by atoms with Gasteiger partial charge in [-0.25, -0.2) is 13.2 Å². The maximum absolute atomic E-state index is 13.8. The van der Waals surface area contributed by atoms with E-state index in [9.17, 15) is 23.1 Å². The first-order chi connectivity index (χ1) is 18.4. The van der Waals surface area contributed by atoms with Crippen LogP contribution in [0.15, 0.2) is 59.0 Å². The Hall–Kier alpha value is -3.54. The molecule has 5 N–H and O–H groups in total. The van der Waals surface area contributed by atoms with Crippen molar-refractivity contribution in [3.05, 3.63) is 76.4 Å². The Morgan fingerprint density at radius 1 is 1.15 bits per heavy atom. The lowest BCUT2D eigenvalue weighted by atomic mass is 9.98. The van der Waals surface area contributed by atoms with E-state index >= 15 is 0 Å². The number of amides is 1. The topological polar surface area (TPSA) is 157 Å². The van der Waals surface area contributed by atoms with E-state index in [1.54, 1.807) is 49.4 Å². The maximum Gasteiger partial charge on any atom is 0.326 e. The largest absolute Gasteiger partial charge is 0.480 e. The van der Waals surface area contributed by atoms with Crippen molar-refractivity contribution in [3.63, 3.8) is 0 Å². The van der Waals surface area contributed by atoms with E-state index < -0.39 is 34.0 Å². The lowest BCUT2D eigenvalue weighted by molar-refractivity contribution is -0.150. The van der Waals surface area contributed by atoms with E-state index in [4.69, 9.17) is 11.1 Å². The third kappa shape index (κ3) is 6.73. The summed E-state index contributed by atoms with van der Waals surface area (Å²) in [6, 6.07) is 9.36. The molecule has 2 aromatic rings. The molecule has 0 radical (unpaired) electrons. The van der Waals surface area contributed by atoms with Crippen molar-refractivity contribution in [2.45, 2.75) is 49.6 Å². The van der Waals surface area contributed by atoms with Crippen LogP contribution in [0.25, 0.3) is 0 Å². The number of hydrogen-bond donors (Lipinski definition) is 4. The van der Waals surface area contributed by atoms with Gasteiger partial charge in [-0.1, -0.05) is 35.9 Å². The van der Waals surface area contributed by atoms with Gasteiger partial charge in [0.2, 0.25) is 15.9 Å². The van der Waals surface area contributed by atoms with Crippen molar-refractivity contribution < 1.29 is 23.1 Å². The number of amidine groups is 1. The van der Waals surface area contributed by atoms with Crippen LogP contribution in [0.5, 0.6) is 0 Å². The molecule has 0 saturated heterocycles. The molecular weight excluding hydrogens is 518 g/mol. The number of fused-ring (bicyclic) bond motifs is 1. The van der Waals surface area contributed by atoms with Crippen molar-refractivity contribution in [1.29, 1.82) is 5.41 Å². The number of aliphatic carboxylic acids is 1. The molecule has 1 unspecified atom stereocenters. The van der Waals surface area contributed by atoms with Gasteiger partial charge in [0.05, 0.1) is 4.90 Å². The number of hydrogen-bond acceptors (Lipinski definition) is 6. The van der Waals surface area contributed by atoms with Gasteiger partial charge in [-0.3, -0.25) is 10.2 Å². The van der Waals surface area contributed by atoms with E-state index in [1.165, 1.54) is 4.90 Å². The fraction of sp³-hybridized carbons (Fsp3) is 0.393. The number of sulfonamides is 1. The van der Waals surface area contributed by atoms with Gasteiger partial charge < -0.3 is 20.6 Å². The predicted octanol–water partition coefficient (Wildman–Crippen LogP) is 1.52. The van der Waals surface area contributed by atoms with Crippen LogP contribution in [0, 0.1) is 5.41 Å². The molecule has 11 heteroatoms. The first-order valence-corrected chi connectivity index (χ1v) is 14.4. The third-order valence-corrected chi connectivity index (χ3v) is 8.85. The van der Waals surface area contributed by atoms with Crippen LogP contribution in [-0.4, -0.2) is 79.8 Å². The Morgan fingerprint density at radius 2 is 1.87 bits per heavy atom. The molecule has 10 nitrogen and oxygen atoms in total. The van der Waals surface area contributed by atoms with Gasteiger partial charge in [0.25, 0.3) is 0 Å². The Morgan fingerprint density at radius 3 is 2.56 bits per heavy atom. The van der Waals surface area contributed by atoms with E-state index in [0.29, 0.717) is 11.1 Å². The van der Waals surface area contributed by atoms with E-state index in [2.05, 4.69) is 9.62 Å². The molecule has 0 aliphatic carbocycles. The highest BCUT2D eigenvalue weighted by molar-refractivity contribution is 7.89. The molecule has 2 aliphatic rings. The van der Waals surface area contributed by atoms with Crippen molar-refractivity contribution in [3.8, 4) is 0 Å². The van der Waals surface area contributed by atoms with Crippen LogP contribution < -0.4 is 10.5 Å². The molecule has 208 valence electrons. The standard InChI is InChI=1S/C28H35N5O5S/c1-18-8-13-33(25(14-18)28(35)36)27(34)24(16-19-4-3-5-22(15-19)26(29)30)31-39(37,38)23-7-6-20-9-11-32(2)12-10-21(20)17-23/h3-8,15,17,24-25,31H,9-14,16H2,1-2H3,(H3,29,30)(H,35,36)/t24-,25?/m0/s1. The molecule has 0 spiro atoms. The van der Waals surface area contributed by atoms with Crippen LogP contribution >= 0.6 is 0 Å². The van der Waals surface area contributed by atoms with Gasteiger partial charge in [-0.05, 0) is 74.5 Å². The zero-order chi connectivity index (χ0) is 28.3. The number of carboxylic acids is 1. The summed E-state index contributed by atoms with van der Waals surface area (Å²) >= 11 is 0. The fourth-order valence-corrected chi connectivity index (χ4v) is 6.30. The highest BCUT2D eigenvalue weighted by Crippen LogP contribution is 2.23. The highest BCUT2D eigenvalue weighted by atomic mass is 32.2. The Bertz CT molecular complexity index is 1420. The molecule has 0 bridgehead atoms. The molecule has 2 aliphatic heterocycles. The average Bonchev–Trinajstić information content (AvgIpc) is 3.08. The molecule has 2 heterocycles. The van der Waals surface area contributed by atoms with Gasteiger partial charge in [0, 0.05) is 25.2 Å². The van der Waals surface area contributed by atoms with E-state index in [1.807, 2.05) is 13.1 Å². The van der Waals surface area contributed by atoms with Crippen LogP contribution in [-0.2, 0) is 38.9 Å². The number of rotatable bonds is 8. The second-order valence-corrected chi connectivity index (χ2v) is 12.0. The molecule has 0 saturated carbocycles. The number of benzene rings is 2. The summed E-state index contributed by atoms with van der Waals surface area (Å²) in [4.78, 5) is 29.3. The predicted molar refractivity (Wildman–Crippen MR) is 148 cm³/mol. The minimum atomic E-state index is -4.14. The lowest BCUT2D eigenvalue weighted by Crippen LogP contribution is -2.55. The molecule has 2 aromatic carbocycles. The van der Waals surface area contributed by atoms with Crippen molar-refractivity contribution in [2.75, 3.05) is 26.7 Å². The van der Waals surface area contributed by atoms with Gasteiger partial charge in [0.15, 0.2) is 0 Å². The van der Waals surface area contributed by atoms with Gasteiger partial charge in [-0.15, -0.1) is 0 Å². The summed E-state index contributed by atoms with van der Waals surface area (Å²) in [7, 11) is -2.11. The summed E-state index contributed by atoms with van der Waals surface area (Å²) in [6.07, 6.45) is 3.45. The van der Waals surface area contributed by atoms with Gasteiger partial charge in [-0.2, -0.15) is 4.72 Å². The summed E-state index contributed by atoms with van der Waals surface area (Å²) in [5.74, 6) is -1.93. The lowest BCUT2D eigenvalue weighted by Gasteiger charge is -2.34. The number of nitrogens with zero attached hydrogens (tertiary/aromatic N) is 2. The monoisotopic (exact) mass is 553 g/mol. The molecular formula is C28H35N5O5S. The number of nitrogens with two attached hydrogens (primary N) is 1. The molecule has 0 aromatic heterocycles. The second kappa shape index (κ2) is 11.7. The fourth-order valence-electron chi connectivity index (χ4n) is 5.06. The molecule has 1 amide bonds. The molecule has 0 fully saturated rings. The van der Waals surface area contributed by atoms with Crippen molar-refractivity contribution >= 4 is 27.7 Å². The summed E-state index contributed by atoms with van der Waals surface area (Å²) in [6.45, 7) is 3.58. The number of nitrogen functional groups attached to an aromatic ring is 1. The molecule has 2 atom stereocenters. The third-order valence-electron chi connectivity index (χ3n) is 7.38. The number of carbonyl (C=O) groups excluding carboxylic acids is 1. The Kier molecular flexibility index (Phi) is 8.53. The number of likely N-dealkylation sites (N-methyl/N-ethyl adjacent to an activating group) is 1. The first kappa shape index (κ1) is 28.5. The van der Waals surface area contributed by atoms with Gasteiger partial charge in [0.1, 0.15) is 17.9 Å². The van der Waals surface area contributed by atoms with Crippen LogP contribution in [0.1, 0.15) is 35.6 Å². The van der Waals surface area contributed by atoms with Crippen LogP contribution in [0.3, 0.4) is 0 Å². The minimum absolute atomic E-state index is 0.0412. The van der Waals surface area contributed by atoms with Gasteiger partial charge >= 0.3 is 5.97 Å². The smallest absolute Gasteiger partial charge is 0.326 e. The minimum Gasteiger partial charge on any atom is -0.480 e. The second-order valence-electron chi connectivity index (χ2n) is 10.3. The zero-order valence-electron chi connectivity index (χ0n) is 22.2. The molecule has 39 heavy (non-hydrogen) atoms. The number of carbonyl (C=O) groups is 2. The zero-order valence-corrected chi connectivity index (χ0v) is 23.0. The normalized spacial score (nSPS) is 19.0. The highest BCUT2D eigenvalue weighted by Gasteiger charge is 2.37. The first-order valence-electron chi connectivity index (χ1n) is 12.9. The van der Waals surface area contributed by atoms with E-state index in [-0.39, 0.29) is 30.1 Å². The summed E-state index contributed by atoms with van der Waals surface area (Å²) in [5, 5.41) is 17.5. The Balaban J connectivity index is 1.68. The SMILES string of the molecule is CC1=CCN(C(=O)[C@H](Cc2cccc(C(=N)N)c2)NS(=O)(=O)c2ccc3c(c2)CCN(C)CC3)C(C(=O)O)C1. The van der Waals surface area contributed by atoms with Crippen LogP contribution in [0.4, 0.5) is 0 Å².